The third-order valence-electron chi connectivity index (χ3n) is 5.80. The molecule has 5 heteroatoms. The highest BCUT2D eigenvalue weighted by Gasteiger charge is 2.10. The van der Waals surface area contributed by atoms with Crippen LogP contribution < -0.4 is 10.1 Å². The van der Waals surface area contributed by atoms with Gasteiger partial charge in [0.25, 0.3) is 5.91 Å². The maximum atomic E-state index is 12.5. The Morgan fingerprint density at radius 1 is 0.875 bits per heavy atom. The van der Waals surface area contributed by atoms with Crippen molar-refractivity contribution in [3.63, 3.8) is 0 Å². The van der Waals surface area contributed by atoms with Gasteiger partial charge in [0.2, 0.25) is 0 Å². The molecule has 0 aliphatic carbocycles. The number of hydrogen-bond acceptors (Lipinski definition) is 3. The molecule has 0 spiro atoms. The molecule has 1 amide bonds. The summed E-state index contributed by atoms with van der Waals surface area (Å²) < 4.78 is 5.78. The molecule has 3 aromatic carbocycles. The van der Waals surface area contributed by atoms with Gasteiger partial charge in [0.05, 0.1) is 0 Å². The van der Waals surface area contributed by atoms with Crippen LogP contribution in [0.4, 0.5) is 0 Å². The van der Waals surface area contributed by atoms with Crippen LogP contribution in [0.5, 0.6) is 5.75 Å². The van der Waals surface area contributed by atoms with Crippen LogP contribution in [-0.4, -0.2) is 23.9 Å². The van der Waals surface area contributed by atoms with Gasteiger partial charge in [-0.2, -0.15) is 0 Å². The number of nitrogens with one attached hydrogen (secondary N) is 1. The van der Waals surface area contributed by atoms with Gasteiger partial charge in [0, 0.05) is 29.2 Å². The van der Waals surface area contributed by atoms with Crippen LogP contribution in [0, 0.1) is 0 Å². The number of ether oxygens (including phenoxy) is 1. The summed E-state index contributed by atoms with van der Waals surface area (Å²) in [5.74, 6) is 0.603. The molecule has 1 heterocycles. The van der Waals surface area contributed by atoms with Crippen LogP contribution in [0.2, 0.25) is 5.02 Å². The molecule has 1 N–H and O–H groups in total. The van der Waals surface area contributed by atoms with E-state index in [0.29, 0.717) is 29.5 Å². The zero-order chi connectivity index (χ0) is 22.2. The monoisotopic (exact) mass is 448 g/mol. The van der Waals surface area contributed by atoms with Crippen LogP contribution in [0.3, 0.4) is 0 Å². The van der Waals surface area contributed by atoms with Crippen molar-refractivity contribution in [3.8, 4) is 5.75 Å². The standard InChI is InChI=1S/C27H29ClN2O2/c28-26-7-3-2-6-24(26)20-32-25-14-12-23(13-15-25)27(31)29-18-21-8-10-22(11-9-21)19-30-16-4-1-5-17-30/h2-3,6-15H,1,4-5,16-20H2,(H,29,31). The summed E-state index contributed by atoms with van der Waals surface area (Å²) in [5.41, 5.74) is 3.96. The minimum atomic E-state index is -0.0972. The molecular formula is C27H29ClN2O2. The molecule has 166 valence electrons. The number of rotatable bonds is 8. The minimum absolute atomic E-state index is 0.0972. The van der Waals surface area contributed by atoms with E-state index in [1.165, 1.54) is 37.9 Å². The van der Waals surface area contributed by atoms with Crippen molar-refractivity contribution in [3.05, 3.63) is 100 Å². The summed E-state index contributed by atoms with van der Waals surface area (Å²) >= 11 is 6.16. The first kappa shape index (κ1) is 22.4. The Labute approximate surface area is 195 Å². The van der Waals surface area contributed by atoms with E-state index >= 15 is 0 Å². The molecule has 1 aliphatic rings. The predicted octanol–water partition coefficient (Wildman–Crippen LogP) is 5.83. The normalized spacial score (nSPS) is 14.2. The Hall–Kier alpha value is -2.82. The molecule has 0 atom stereocenters. The van der Waals surface area contributed by atoms with Gasteiger partial charge in [-0.3, -0.25) is 9.69 Å². The summed E-state index contributed by atoms with van der Waals surface area (Å²) in [7, 11) is 0. The molecule has 1 saturated heterocycles. The highest BCUT2D eigenvalue weighted by molar-refractivity contribution is 6.31. The van der Waals surface area contributed by atoms with Gasteiger partial charge >= 0.3 is 0 Å². The fourth-order valence-electron chi connectivity index (χ4n) is 3.90. The molecule has 32 heavy (non-hydrogen) atoms. The van der Waals surface area contributed by atoms with Crippen LogP contribution >= 0.6 is 11.6 Å². The summed E-state index contributed by atoms with van der Waals surface area (Å²) in [6, 6.07) is 23.3. The maximum Gasteiger partial charge on any atom is 0.251 e. The van der Waals surface area contributed by atoms with Gasteiger partial charge in [-0.1, -0.05) is 60.5 Å². The number of piperidine rings is 1. The van der Waals surface area contributed by atoms with E-state index in [4.69, 9.17) is 16.3 Å². The first-order valence-electron chi connectivity index (χ1n) is 11.2. The summed E-state index contributed by atoms with van der Waals surface area (Å²) in [6.45, 7) is 4.30. The first-order chi connectivity index (χ1) is 15.7. The quantitative estimate of drug-likeness (QED) is 0.471. The van der Waals surface area contributed by atoms with Gasteiger partial charge in [-0.05, 0) is 67.4 Å². The van der Waals surface area contributed by atoms with E-state index in [-0.39, 0.29) is 5.91 Å². The number of hydrogen-bond donors (Lipinski definition) is 1. The average molecular weight is 449 g/mol. The van der Waals surface area contributed by atoms with Gasteiger partial charge in [-0.15, -0.1) is 0 Å². The van der Waals surface area contributed by atoms with Gasteiger partial charge in [-0.25, -0.2) is 0 Å². The van der Waals surface area contributed by atoms with Crippen LogP contribution in [0.1, 0.15) is 46.3 Å². The zero-order valence-electron chi connectivity index (χ0n) is 18.2. The predicted molar refractivity (Wildman–Crippen MR) is 129 cm³/mol. The van der Waals surface area contributed by atoms with Gasteiger partial charge in [0.1, 0.15) is 12.4 Å². The van der Waals surface area contributed by atoms with E-state index in [1.54, 1.807) is 24.3 Å². The van der Waals surface area contributed by atoms with Crippen molar-refractivity contribution in [1.82, 2.24) is 10.2 Å². The van der Waals surface area contributed by atoms with Crippen molar-refractivity contribution in [2.45, 2.75) is 39.0 Å². The highest BCUT2D eigenvalue weighted by Crippen LogP contribution is 2.19. The molecule has 1 aliphatic heterocycles. The zero-order valence-corrected chi connectivity index (χ0v) is 19.0. The Morgan fingerprint density at radius 2 is 1.56 bits per heavy atom. The van der Waals surface area contributed by atoms with Crippen molar-refractivity contribution < 1.29 is 9.53 Å². The summed E-state index contributed by atoms with van der Waals surface area (Å²) in [5, 5.41) is 3.68. The number of amides is 1. The molecule has 3 aromatic rings. The second kappa shape index (κ2) is 11.2. The molecule has 0 unspecified atom stereocenters. The Balaban J connectivity index is 1.24. The third kappa shape index (κ3) is 6.35. The molecule has 4 nitrogen and oxygen atoms in total. The largest absolute Gasteiger partial charge is 0.489 e. The van der Waals surface area contributed by atoms with E-state index in [0.717, 1.165) is 17.7 Å². The lowest BCUT2D eigenvalue weighted by molar-refractivity contribution is 0.0951. The Morgan fingerprint density at radius 3 is 2.28 bits per heavy atom. The smallest absolute Gasteiger partial charge is 0.251 e. The number of carbonyl (C=O) groups is 1. The van der Waals surface area contributed by atoms with Crippen LogP contribution in [0.15, 0.2) is 72.8 Å². The van der Waals surface area contributed by atoms with E-state index in [2.05, 4.69) is 34.5 Å². The van der Waals surface area contributed by atoms with Crippen molar-refractivity contribution >= 4 is 17.5 Å². The lowest BCUT2D eigenvalue weighted by atomic mass is 10.1. The maximum absolute atomic E-state index is 12.5. The van der Waals surface area contributed by atoms with E-state index in [9.17, 15) is 4.79 Å². The Kier molecular flexibility index (Phi) is 7.81. The Bertz CT molecular complexity index is 1010. The molecule has 0 bridgehead atoms. The average Bonchev–Trinajstić information content (AvgIpc) is 2.84. The van der Waals surface area contributed by atoms with Gasteiger partial charge in [0.15, 0.2) is 0 Å². The first-order valence-corrected chi connectivity index (χ1v) is 11.6. The lowest BCUT2D eigenvalue weighted by Crippen LogP contribution is -2.29. The van der Waals surface area contributed by atoms with Gasteiger partial charge < -0.3 is 10.1 Å². The topological polar surface area (TPSA) is 41.6 Å². The second-order valence-electron chi connectivity index (χ2n) is 8.24. The highest BCUT2D eigenvalue weighted by atomic mass is 35.5. The van der Waals surface area contributed by atoms with Crippen molar-refractivity contribution in [2.24, 2.45) is 0 Å². The molecule has 0 saturated carbocycles. The number of carbonyl (C=O) groups excluding carboxylic acids is 1. The summed E-state index contributed by atoms with van der Waals surface area (Å²) in [6.07, 6.45) is 3.96. The number of nitrogens with zero attached hydrogens (tertiary/aromatic N) is 1. The SMILES string of the molecule is O=C(NCc1ccc(CN2CCCCC2)cc1)c1ccc(OCc2ccccc2Cl)cc1. The fraction of sp³-hybridized carbons (Fsp3) is 0.296. The van der Waals surface area contributed by atoms with Crippen LogP contribution in [0.25, 0.3) is 0 Å². The number of halogens is 1. The van der Waals surface area contributed by atoms with Crippen molar-refractivity contribution in [2.75, 3.05) is 13.1 Å². The molecular weight excluding hydrogens is 420 g/mol. The lowest BCUT2D eigenvalue weighted by Gasteiger charge is -2.26. The van der Waals surface area contributed by atoms with Crippen molar-refractivity contribution in [1.29, 1.82) is 0 Å². The molecule has 1 fully saturated rings. The third-order valence-corrected chi connectivity index (χ3v) is 6.17. The van der Waals surface area contributed by atoms with E-state index < -0.39 is 0 Å². The fourth-order valence-corrected chi connectivity index (χ4v) is 4.09. The minimum Gasteiger partial charge on any atom is -0.489 e. The molecule has 0 aromatic heterocycles. The number of likely N-dealkylation sites (tertiary alicyclic amines) is 1. The second-order valence-corrected chi connectivity index (χ2v) is 8.65. The number of benzene rings is 3. The van der Waals surface area contributed by atoms with Crippen LogP contribution in [-0.2, 0) is 19.7 Å². The molecule has 4 rings (SSSR count). The molecule has 0 radical (unpaired) electrons. The summed E-state index contributed by atoms with van der Waals surface area (Å²) in [4.78, 5) is 15.0. The van der Waals surface area contributed by atoms with E-state index in [1.807, 2.05) is 24.3 Å².